The van der Waals surface area contributed by atoms with Crippen molar-refractivity contribution in [2.24, 2.45) is 0 Å². The Morgan fingerprint density at radius 2 is 2.06 bits per heavy atom. The van der Waals surface area contributed by atoms with Gasteiger partial charge in [-0.3, -0.25) is 0 Å². The molecule has 0 aliphatic rings. The number of halogens is 1. The fraction of sp³-hybridized carbons (Fsp3) is 0.333. The lowest BCUT2D eigenvalue weighted by Gasteiger charge is -2.17. The normalized spacial score (nSPS) is 11.8. The maximum atomic E-state index is 5.77. The van der Waals surface area contributed by atoms with Crippen LogP contribution in [0.5, 0.6) is 0 Å². The summed E-state index contributed by atoms with van der Waals surface area (Å²) < 4.78 is 11.4. The van der Waals surface area contributed by atoms with Crippen LogP contribution < -0.4 is 5.73 Å². The molecule has 0 aliphatic carbocycles. The number of ether oxygens (including phenoxy) is 1. The first-order chi connectivity index (χ1) is 8.42. The third-order valence-electron chi connectivity index (χ3n) is 2.64. The van der Waals surface area contributed by atoms with Crippen molar-refractivity contribution < 1.29 is 9.26 Å². The smallest absolute Gasteiger partial charge is 0.258 e. The van der Waals surface area contributed by atoms with Crippen molar-refractivity contribution in [1.82, 2.24) is 10.1 Å². The summed E-state index contributed by atoms with van der Waals surface area (Å²) in [5.74, 6) is 0.918. The number of nitrogens with zero attached hydrogens (tertiary/aromatic N) is 2. The summed E-state index contributed by atoms with van der Waals surface area (Å²) in [6.45, 7) is 3.74. The first-order valence-corrected chi connectivity index (χ1v) is 6.17. The molecule has 18 heavy (non-hydrogen) atoms. The lowest BCUT2D eigenvalue weighted by atomic mass is 10.1. The first-order valence-electron chi connectivity index (χ1n) is 5.38. The van der Waals surface area contributed by atoms with Crippen molar-refractivity contribution in [1.29, 1.82) is 0 Å². The molecule has 96 valence electrons. The van der Waals surface area contributed by atoms with Crippen LogP contribution in [-0.2, 0) is 10.3 Å². The van der Waals surface area contributed by atoms with E-state index in [1.54, 1.807) is 19.2 Å². The molecule has 0 spiro atoms. The Labute approximate surface area is 113 Å². The van der Waals surface area contributed by atoms with Gasteiger partial charge >= 0.3 is 0 Å². The van der Waals surface area contributed by atoms with E-state index in [1.807, 2.05) is 19.9 Å². The van der Waals surface area contributed by atoms with Crippen molar-refractivity contribution in [2.75, 3.05) is 12.8 Å². The van der Waals surface area contributed by atoms with E-state index >= 15 is 0 Å². The van der Waals surface area contributed by atoms with Gasteiger partial charge in [-0.15, -0.1) is 0 Å². The molecule has 2 aromatic rings. The molecule has 1 aromatic heterocycles. The number of hydrogen-bond acceptors (Lipinski definition) is 5. The van der Waals surface area contributed by atoms with Gasteiger partial charge in [0.05, 0.1) is 0 Å². The van der Waals surface area contributed by atoms with E-state index in [2.05, 4.69) is 26.1 Å². The highest BCUT2D eigenvalue weighted by molar-refractivity contribution is 9.10. The highest BCUT2D eigenvalue weighted by atomic mass is 79.9. The van der Waals surface area contributed by atoms with E-state index in [0.29, 0.717) is 17.4 Å². The fourth-order valence-electron chi connectivity index (χ4n) is 1.41. The molecular formula is C12H14BrN3O2. The maximum Gasteiger partial charge on any atom is 0.258 e. The van der Waals surface area contributed by atoms with Gasteiger partial charge in [0, 0.05) is 22.8 Å². The quantitative estimate of drug-likeness (QED) is 0.882. The SMILES string of the molecule is COC(C)(C)c1noc(-c2cc(N)cc(Br)c2)n1. The first kappa shape index (κ1) is 13.0. The van der Waals surface area contributed by atoms with E-state index < -0.39 is 5.60 Å². The van der Waals surface area contributed by atoms with Crippen LogP contribution in [0.15, 0.2) is 27.2 Å². The molecule has 0 fully saturated rings. The number of hydrogen-bond donors (Lipinski definition) is 1. The number of anilines is 1. The van der Waals surface area contributed by atoms with Crippen molar-refractivity contribution in [3.8, 4) is 11.5 Å². The van der Waals surface area contributed by atoms with Gasteiger partial charge < -0.3 is 15.0 Å². The number of methoxy groups -OCH3 is 1. The number of nitrogens with two attached hydrogens (primary N) is 1. The van der Waals surface area contributed by atoms with Gasteiger partial charge in [0.2, 0.25) is 5.82 Å². The lowest BCUT2D eigenvalue weighted by molar-refractivity contribution is 0.00973. The number of aromatic nitrogens is 2. The average Bonchev–Trinajstić information content (AvgIpc) is 2.77. The molecule has 0 atom stereocenters. The van der Waals surface area contributed by atoms with Crippen LogP contribution in [-0.4, -0.2) is 17.3 Å². The molecule has 0 amide bonds. The zero-order valence-corrected chi connectivity index (χ0v) is 12.0. The standard InChI is InChI=1S/C12H14BrN3O2/c1-12(2,17-3)11-15-10(18-16-11)7-4-8(13)6-9(14)5-7/h4-6H,14H2,1-3H3. The minimum absolute atomic E-state index is 0.420. The minimum Gasteiger partial charge on any atom is -0.399 e. The third kappa shape index (κ3) is 2.54. The molecule has 0 unspecified atom stereocenters. The highest BCUT2D eigenvalue weighted by Crippen LogP contribution is 2.27. The molecule has 6 heteroatoms. The maximum absolute atomic E-state index is 5.77. The van der Waals surface area contributed by atoms with Gasteiger partial charge in [-0.2, -0.15) is 4.98 Å². The third-order valence-corrected chi connectivity index (χ3v) is 3.10. The second kappa shape index (κ2) is 4.70. The number of nitrogen functional groups attached to an aromatic ring is 1. The monoisotopic (exact) mass is 311 g/mol. The van der Waals surface area contributed by atoms with E-state index in [1.165, 1.54) is 0 Å². The molecule has 2 N–H and O–H groups in total. The number of rotatable bonds is 3. The van der Waals surface area contributed by atoms with Gasteiger partial charge in [-0.05, 0) is 32.0 Å². The van der Waals surface area contributed by atoms with Crippen molar-refractivity contribution in [3.05, 3.63) is 28.5 Å². The topological polar surface area (TPSA) is 74.2 Å². The molecule has 0 saturated carbocycles. The molecule has 2 rings (SSSR count). The Balaban J connectivity index is 2.41. The van der Waals surface area contributed by atoms with Crippen LogP contribution in [0, 0.1) is 0 Å². The second-order valence-electron chi connectivity index (χ2n) is 4.41. The number of benzene rings is 1. The summed E-state index contributed by atoms with van der Waals surface area (Å²) in [6, 6.07) is 5.45. The molecule has 0 radical (unpaired) electrons. The Morgan fingerprint density at radius 3 is 2.67 bits per heavy atom. The van der Waals surface area contributed by atoms with Crippen molar-refractivity contribution in [3.63, 3.8) is 0 Å². The van der Waals surface area contributed by atoms with E-state index in [0.717, 1.165) is 10.0 Å². The van der Waals surface area contributed by atoms with Crippen LogP contribution in [0.4, 0.5) is 5.69 Å². The van der Waals surface area contributed by atoms with Gasteiger partial charge in [-0.25, -0.2) is 0 Å². The Bertz CT molecular complexity index is 546. The summed E-state index contributed by atoms with van der Waals surface area (Å²) in [4.78, 5) is 4.33. The van der Waals surface area contributed by atoms with Gasteiger partial charge in [0.15, 0.2) is 0 Å². The predicted molar refractivity (Wildman–Crippen MR) is 71.9 cm³/mol. The van der Waals surface area contributed by atoms with Crippen LogP contribution in [0.1, 0.15) is 19.7 Å². The van der Waals surface area contributed by atoms with Crippen LogP contribution in [0.2, 0.25) is 0 Å². The van der Waals surface area contributed by atoms with E-state index in [-0.39, 0.29) is 0 Å². The van der Waals surface area contributed by atoms with Crippen LogP contribution in [0.25, 0.3) is 11.5 Å². The molecule has 0 saturated heterocycles. The molecule has 0 bridgehead atoms. The van der Waals surface area contributed by atoms with Crippen LogP contribution >= 0.6 is 15.9 Å². The molecular weight excluding hydrogens is 298 g/mol. The largest absolute Gasteiger partial charge is 0.399 e. The highest BCUT2D eigenvalue weighted by Gasteiger charge is 2.26. The Hall–Kier alpha value is -1.40. The van der Waals surface area contributed by atoms with Crippen molar-refractivity contribution >= 4 is 21.6 Å². The Kier molecular flexibility index (Phi) is 3.41. The van der Waals surface area contributed by atoms with E-state index in [9.17, 15) is 0 Å². The summed E-state index contributed by atoms with van der Waals surface area (Å²) in [5.41, 5.74) is 6.59. The molecule has 1 aromatic carbocycles. The van der Waals surface area contributed by atoms with Gasteiger partial charge in [-0.1, -0.05) is 21.1 Å². The predicted octanol–water partition coefficient (Wildman–Crippen LogP) is 2.96. The van der Waals surface area contributed by atoms with Crippen LogP contribution in [0.3, 0.4) is 0 Å². The summed E-state index contributed by atoms with van der Waals surface area (Å²) in [7, 11) is 1.60. The molecule has 1 heterocycles. The lowest BCUT2D eigenvalue weighted by Crippen LogP contribution is -2.21. The second-order valence-corrected chi connectivity index (χ2v) is 5.33. The summed E-state index contributed by atoms with van der Waals surface area (Å²) in [5, 5.41) is 3.93. The zero-order valence-electron chi connectivity index (χ0n) is 10.4. The summed E-state index contributed by atoms with van der Waals surface area (Å²) in [6.07, 6.45) is 0. The Morgan fingerprint density at radius 1 is 1.33 bits per heavy atom. The van der Waals surface area contributed by atoms with E-state index in [4.69, 9.17) is 15.0 Å². The fourth-order valence-corrected chi connectivity index (χ4v) is 1.92. The minimum atomic E-state index is -0.584. The average molecular weight is 312 g/mol. The van der Waals surface area contributed by atoms with Crippen molar-refractivity contribution in [2.45, 2.75) is 19.4 Å². The molecule has 0 aliphatic heterocycles. The zero-order chi connectivity index (χ0) is 13.3. The summed E-state index contributed by atoms with van der Waals surface area (Å²) >= 11 is 3.38. The molecule has 5 nitrogen and oxygen atoms in total. The van der Waals surface area contributed by atoms with Gasteiger partial charge in [0.1, 0.15) is 5.60 Å². The van der Waals surface area contributed by atoms with Gasteiger partial charge in [0.25, 0.3) is 5.89 Å².